The SMILES string of the molecule is O=C(O)c1ccc(N=Nc2cc3sc(N=Nc4ccc(N5CCCCC5)cc4)nc3s2)cc1. The lowest BCUT2D eigenvalue weighted by molar-refractivity contribution is 0.0697. The molecular weight excluding hydrogens is 456 g/mol. The normalized spacial score (nSPS) is 14.6. The van der Waals surface area contributed by atoms with E-state index in [1.165, 1.54) is 59.8 Å². The number of azo groups is 2. The van der Waals surface area contributed by atoms with Gasteiger partial charge in [0.25, 0.3) is 0 Å². The summed E-state index contributed by atoms with van der Waals surface area (Å²) in [4.78, 5) is 18.7. The monoisotopic (exact) mass is 476 g/mol. The van der Waals surface area contributed by atoms with Crippen LogP contribution in [0.5, 0.6) is 0 Å². The van der Waals surface area contributed by atoms with Crippen molar-refractivity contribution in [3.05, 3.63) is 60.2 Å². The predicted molar refractivity (Wildman–Crippen MR) is 132 cm³/mol. The smallest absolute Gasteiger partial charge is 0.335 e. The van der Waals surface area contributed by atoms with E-state index in [2.05, 4.69) is 42.5 Å². The second kappa shape index (κ2) is 9.55. The van der Waals surface area contributed by atoms with E-state index in [0.29, 0.717) is 10.8 Å². The van der Waals surface area contributed by atoms with E-state index in [4.69, 9.17) is 5.11 Å². The number of carboxylic acids is 1. The zero-order valence-electron chi connectivity index (χ0n) is 17.6. The Hall–Kier alpha value is -3.50. The lowest BCUT2D eigenvalue weighted by Crippen LogP contribution is -2.29. The molecule has 1 fully saturated rings. The van der Waals surface area contributed by atoms with Crippen molar-refractivity contribution in [3.63, 3.8) is 0 Å². The first-order chi connectivity index (χ1) is 16.1. The average Bonchev–Trinajstić information content (AvgIpc) is 3.41. The Labute approximate surface area is 198 Å². The van der Waals surface area contributed by atoms with Crippen molar-refractivity contribution in [2.75, 3.05) is 18.0 Å². The van der Waals surface area contributed by atoms with Crippen LogP contribution in [0.3, 0.4) is 0 Å². The second-order valence-electron chi connectivity index (χ2n) is 7.57. The molecule has 4 aromatic rings. The van der Waals surface area contributed by atoms with Gasteiger partial charge in [-0.05, 0) is 73.9 Å². The van der Waals surface area contributed by atoms with E-state index >= 15 is 0 Å². The highest BCUT2D eigenvalue weighted by molar-refractivity contribution is 7.30. The van der Waals surface area contributed by atoms with Gasteiger partial charge in [0, 0.05) is 18.8 Å². The molecule has 1 saturated heterocycles. The molecule has 0 bridgehead atoms. The Kier molecular flexibility index (Phi) is 6.18. The Morgan fingerprint density at radius 1 is 0.848 bits per heavy atom. The van der Waals surface area contributed by atoms with E-state index in [1.54, 1.807) is 12.1 Å². The minimum Gasteiger partial charge on any atom is -0.478 e. The van der Waals surface area contributed by atoms with E-state index in [-0.39, 0.29) is 5.56 Å². The third-order valence-corrected chi connectivity index (χ3v) is 7.19. The maximum atomic E-state index is 10.9. The Bertz CT molecular complexity index is 1290. The molecule has 0 atom stereocenters. The van der Waals surface area contributed by atoms with Crippen LogP contribution in [0.1, 0.15) is 29.6 Å². The van der Waals surface area contributed by atoms with Crippen LogP contribution in [0, 0.1) is 0 Å². The molecule has 2 aromatic carbocycles. The number of hydrogen-bond acceptors (Lipinski definition) is 9. The number of carboxylic acid groups (broad SMARTS) is 1. The van der Waals surface area contributed by atoms with E-state index in [9.17, 15) is 4.79 Å². The highest BCUT2D eigenvalue weighted by atomic mass is 32.1. The molecule has 0 unspecified atom stereocenters. The minimum atomic E-state index is -0.967. The number of thiophene rings is 1. The van der Waals surface area contributed by atoms with Crippen molar-refractivity contribution in [2.24, 2.45) is 20.5 Å². The average molecular weight is 477 g/mol. The summed E-state index contributed by atoms with van der Waals surface area (Å²) >= 11 is 2.88. The molecule has 0 saturated carbocycles. The fraction of sp³-hybridized carbons (Fsp3) is 0.217. The lowest BCUT2D eigenvalue weighted by Gasteiger charge is -2.28. The molecule has 1 aliphatic rings. The predicted octanol–water partition coefficient (Wildman–Crippen LogP) is 7.88. The van der Waals surface area contributed by atoms with Crippen molar-refractivity contribution < 1.29 is 9.90 Å². The van der Waals surface area contributed by atoms with Gasteiger partial charge in [-0.2, -0.15) is 0 Å². The quantitative estimate of drug-likeness (QED) is 0.286. The number of piperidine rings is 1. The van der Waals surface area contributed by atoms with Gasteiger partial charge < -0.3 is 10.0 Å². The summed E-state index contributed by atoms with van der Waals surface area (Å²) in [7, 11) is 0. The molecule has 2 aromatic heterocycles. The number of benzene rings is 2. The zero-order valence-corrected chi connectivity index (χ0v) is 19.2. The van der Waals surface area contributed by atoms with Crippen molar-refractivity contribution in [1.82, 2.24) is 4.98 Å². The van der Waals surface area contributed by atoms with Crippen LogP contribution in [0.25, 0.3) is 9.53 Å². The van der Waals surface area contributed by atoms with E-state index in [0.717, 1.165) is 33.3 Å². The maximum Gasteiger partial charge on any atom is 0.335 e. The third kappa shape index (κ3) is 5.12. The van der Waals surface area contributed by atoms with Crippen LogP contribution in [0.2, 0.25) is 0 Å². The van der Waals surface area contributed by atoms with Crippen LogP contribution in [-0.2, 0) is 0 Å². The van der Waals surface area contributed by atoms with Crippen LogP contribution >= 0.6 is 22.7 Å². The molecule has 166 valence electrons. The standard InChI is InChI=1S/C23H20N6O2S2/c30-22(31)15-4-6-16(7-5-15)25-27-20-14-19-21(33-20)24-23(32-19)28-26-17-8-10-18(11-9-17)29-12-2-1-3-13-29/h4-11,14H,1-3,12-13H2,(H,30,31). The van der Waals surface area contributed by atoms with Gasteiger partial charge in [-0.25, -0.2) is 9.78 Å². The molecule has 33 heavy (non-hydrogen) atoms. The molecule has 8 nitrogen and oxygen atoms in total. The maximum absolute atomic E-state index is 10.9. The number of carbonyl (C=O) groups is 1. The molecule has 0 aliphatic carbocycles. The number of nitrogens with zero attached hydrogens (tertiary/aromatic N) is 6. The van der Waals surface area contributed by atoms with Gasteiger partial charge in [0.2, 0.25) is 5.13 Å². The summed E-state index contributed by atoms with van der Waals surface area (Å²) in [6.45, 7) is 2.24. The van der Waals surface area contributed by atoms with Crippen LogP contribution in [-0.4, -0.2) is 29.1 Å². The molecule has 1 aliphatic heterocycles. The number of aromatic nitrogens is 1. The van der Waals surface area contributed by atoms with Crippen LogP contribution in [0.4, 0.5) is 27.2 Å². The summed E-state index contributed by atoms with van der Waals surface area (Å²) in [6, 6.07) is 16.4. The summed E-state index contributed by atoms with van der Waals surface area (Å²) in [6.07, 6.45) is 3.83. The first-order valence-electron chi connectivity index (χ1n) is 10.6. The molecule has 10 heteroatoms. The number of thiazole rings is 1. The highest BCUT2D eigenvalue weighted by Crippen LogP contribution is 2.39. The molecule has 5 rings (SSSR count). The number of anilines is 1. The largest absolute Gasteiger partial charge is 0.478 e. The Balaban J connectivity index is 1.23. The molecule has 0 radical (unpaired) electrons. The van der Waals surface area contributed by atoms with Gasteiger partial charge >= 0.3 is 5.97 Å². The van der Waals surface area contributed by atoms with Crippen LogP contribution < -0.4 is 4.90 Å². The third-order valence-electron chi connectivity index (χ3n) is 5.27. The zero-order chi connectivity index (χ0) is 22.6. The van der Waals surface area contributed by atoms with Gasteiger partial charge in [0.05, 0.1) is 21.6 Å². The van der Waals surface area contributed by atoms with Gasteiger partial charge in [0.1, 0.15) is 9.83 Å². The van der Waals surface area contributed by atoms with Crippen molar-refractivity contribution in [3.8, 4) is 0 Å². The Morgan fingerprint density at radius 3 is 2.18 bits per heavy atom. The van der Waals surface area contributed by atoms with Gasteiger partial charge in [-0.3, -0.25) is 0 Å². The molecule has 3 heterocycles. The fourth-order valence-electron chi connectivity index (χ4n) is 3.56. The summed E-state index contributed by atoms with van der Waals surface area (Å²) in [5.74, 6) is -0.967. The van der Waals surface area contributed by atoms with E-state index < -0.39 is 5.97 Å². The number of fused-ring (bicyclic) bond motifs is 1. The highest BCUT2D eigenvalue weighted by Gasteiger charge is 2.11. The van der Waals surface area contributed by atoms with Gasteiger partial charge in [-0.1, -0.05) is 22.7 Å². The molecule has 0 spiro atoms. The first kappa shape index (κ1) is 21.4. The molecule has 1 N–H and O–H groups in total. The second-order valence-corrected chi connectivity index (χ2v) is 9.58. The van der Waals surface area contributed by atoms with Gasteiger partial charge in [0.15, 0.2) is 0 Å². The summed E-state index contributed by atoms with van der Waals surface area (Å²) < 4.78 is 0.976. The first-order valence-corrected chi connectivity index (χ1v) is 12.2. The van der Waals surface area contributed by atoms with Crippen molar-refractivity contribution in [2.45, 2.75) is 19.3 Å². The fourth-order valence-corrected chi connectivity index (χ4v) is 5.41. The van der Waals surface area contributed by atoms with Crippen molar-refractivity contribution >= 4 is 65.4 Å². The van der Waals surface area contributed by atoms with Gasteiger partial charge in [-0.15, -0.1) is 20.5 Å². The molecule has 0 amide bonds. The Morgan fingerprint density at radius 2 is 1.52 bits per heavy atom. The topological polar surface area (TPSA) is 103 Å². The molecular formula is C23H20N6O2S2. The summed E-state index contributed by atoms with van der Waals surface area (Å²) in [5, 5.41) is 27.3. The summed E-state index contributed by atoms with van der Waals surface area (Å²) in [5.41, 5.74) is 2.85. The number of rotatable bonds is 6. The number of aromatic carboxylic acids is 1. The number of hydrogen-bond donors (Lipinski definition) is 1. The van der Waals surface area contributed by atoms with Crippen LogP contribution in [0.15, 0.2) is 75.1 Å². The van der Waals surface area contributed by atoms with E-state index in [1.807, 2.05) is 18.2 Å². The van der Waals surface area contributed by atoms with Crippen molar-refractivity contribution in [1.29, 1.82) is 0 Å². The minimum absolute atomic E-state index is 0.217. The lowest BCUT2D eigenvalue weighted by atomic mass is 10.1.